The van der Waals surface area contributed by atoms with E-state index in [0.29, 0.717) is 0 Å². The van der Waals surface area contributed by atoms with Gasteiger partial charge in [-0.3, -0.25) is 14.9 Å². The Kier molecular flexibility index (Phi) is 6.01. The molecule has 7 nitrogen and oxygen atoms in total. The highest BCUT2D eigenvalue weighted by molar-refractivity contribution is 5.83. The summed E-state index contributed by atoms with van der Waals surface area (Å²) in [5.74, 6) is -0.466. The van der Waals surface area contributed by atoms with Crippen molar-refractivity contribution in [2.45, 2.75) is 13.3 Å². The Bertz CT molecular complexity index is 742. The Balaban J connectivity index is 1.85. The zero-order valence-corrected chi connectivity index (χ0v) is 13.1. The Hall–Kier alpha value is -3.22. The molecule has 0 fully saturated rings. The van der Waals surface area contributed by atoms with Gasteiger partial charge in [-0.2, -0.15) is 5.10 Å². The first-order valence-electron chi connectivity index (χ1n) is 7.37. The van der Waals surface area contributed by atoms with Crippen LogP contribution in [0, 0.1) is 10.1 Å². The summed E-state index contributed by atoms with van der Waals surface area (Å²) in [5.41, 5.74) is 4.19. The first-order chi connectivity index (χ1) is 11.6. The third-order valence-electron chi connectivity index (χ3n) is 3.21. The van der Waals surface area contributed by atoms with Crippen molar-refractivity contribution in [2.75, 3.05) is 6.61 Å². The van der Waals surface area contributed by atoms with Gasteiger partial charge in [0, 0.05) is 6.07 Å². The molecule has 0 atom stereocenters. The van der Waals surface area contributed by atoms with Crippen molar-refractivity contribution in [1.82, 2.24) is 5.43 Å². The van der Waals surface area contributed by atoms with Crippen molar-refractivity contribution in [3.63, 3.8) is 0 Å². The number of rotatable bonds is 7. The predicted octanol–water partition coefficient (Wildman–Crippen LogP) is 2.69. The largest absolute Gasteiger partial charge is 0.477 e. The molecule has 0 aromatic heterocycles. The lowest BCUT2D eigenvalue weighted by Crippen LogP contribution is -2.24. The molecule has 0 bridgehead atoms. The van der Waals surface area contributed by atoms with Crippen molar-refractivity contribution >= 4 is 17.8 Å². The Morgan fingerprint density at radius 1 is 1.25 bits per heavy atom. The number of hydrogen-bond donors (Lipinski definition) is 1. The number of hydrazone groups is 1. The first-order valence-corrected chi connectivity index (χ1v) is 7.37. The van der Waals surface area contributed by atoms with Crippen LogP contribution in [-0.4, -0.2) is 23.7 Å². The minimum absolute atomic E-state index is 0.0387. The maximum Gasteiger partial charge on any atom is 0.310 e. The maximum atomic E-state index is 11.7. The van der Waals surface area contributed by atoms with Gasteiger partial charge in [-0.1, -0.05) is 43.3 Å². The van der Waals surface area contributed by atoms with E-state index in [1.165, 1.54) is 30.0 Å². The van der Waals surface area contributed by atoms with Crippen LogP contribution in [0.1, 0.15) is 18.1 Å². The van der Waals surface area contributed by atoms with Crippen molar-refractivity contribution in [3.8, 4) is 5.75 Å². The molecule has 0 radical (unpaired) electrons. The zero-order valence-electron chi connectivity index (χ0n) is 13.1. The van der Waals surface area contributed by atoms with Crippen LogP contribution < -0.4 is 10.2 Å². The summed E-state index contributed by atoms with van der Waals surface area (Å²) in [5, 5.41) is 14.7. The van der Waals surface area contributed by atoms with Crippen LogP contribution in [0.5, 0.6) is 5.75 Å². The number of benzene rings is 2. The summed E-state index contributed by atoms with van der Waals surface area (Å²) in [6.45, 7) is 1.71. The fourth-order valence-electron chi connectivity index (χ4n) is 1.92. The molecule has 0 heterocycles. The van der Waals surface area contributed by atoms with E-state index >= 15 is 0 Å². The molecule has 2 aromatic carbocycles. The van der Waals surface area contributed by atoms with Gasteiger partial charge in [0.1, 0.15) is 0 Å². The standard InChI is InChI=1S/C17H17N3O4/c1-2-13-7-9-14(10-8-13)11-18-19-17(21)12-24-16-6-4-3-5-15(16)20(22)23/h3-11H,2,12H2,1H3,(H,19,21)/b18-11-. The predicted molar refractivity (Wildman–Crippen MR) is 90.1 cm³/mol. The number of amides is 1. The molecule has 124 valence electrons. The van der Waals surface area contributed by atoms with Gasteiger partial charge in [0.15, 0.2) is 12.4 Å². The summed E-state index contributed by atoms with van der Waals surface area (Å²) < 4.78 is 5.17. The van der Waals surface area contributed by atoms with Crippen molar-refractivity contribution < 1.29 is 14.5 Å². The molecule has 0 aliphatic rings. The number of nitrogens with one attached hydrogen (secondary N) is 1. The zero-order chi connectivity index (χ0) is 17.4. The number of nitro benzene ring substituents is 1. The molecular formula is C17H17N3O4. The average molecular weight is 327 g/mol. The second-order valence-electron chi connectivity index (χ2n) is 4.90. The lowest BCUT2D eigenvalue weighted by molar-refractivity contribution is -0.385. The summed E-state index contributed by atoms with van der Waals surface area (Å²) in [6.07, 6.45) is 2.47. The van der Waals surface area contributed by atoms with Crippen molar-refractivity contribution in [3.05, 3.63) is 69.8 Å². The molecule has 0 aliphatic carbocycles. The molecule has 0 saturated carbocycles. The van der Waals surface area contributed by atoms with Gasteiger partial charge in [0.2, 0.25) is 0 Å². The van der Waals surface area contributed by atoms with Crippen molar-refractivity contribution in [1.29, 1.82) is 0 Å². The maximum absolute atomic E-state index is 11.7. The Morgan fingerprint density at radius 2 is 1.96 bits per heavy atom. The summed E-state index contributed by atoms with van der Waals surface area (Å²) in [4.78, 5) is 21.9. The molecular weight excluding hydrogens is 310 g/mol. The number of para-hydroxylation sites is 2. The van der Waals surface area contributed by atoms with Gasteiger partial charge in [-0.15, -0.1) is 0 Å². The molecule has 2 rings (SSSR count). The number of nitrogens with zero attached hydrogens (tertiary/aromatic N) is 2. The van der Waals surface area contributed by atoms with Crippen LogP contribution in [0.4, 0.5) is 5.69 Å². The van der Waals surface area contributed by atoms with Gasteiger partial charge in [0.05, 0.1) is 11.1 Å². The third-order valence-corrected chi connectivity index (χ3v) is 3.21. The van der Waals surface area contributed by atoms with Crippen LogP contribution in [0.25, 0.3) is 0 Å². The van der Waals surface area contributed by atoms with E-state index in [-0.39, 0.29) is 18.0 Å². The average Bonchev–Trinajstić information content (AvgIpc) is 2.60. The topological polar surface area (TPSA) is 93.8 Å². The molecule has 0 unspecified atom stereocenters. The highest BCUT2D eigenvalue weighted by atomic mass is 16.6. The number of carbonyl (C=O) groups excluding carboxylic acids is 1. The van der Waals surface area contributed by atoms with Gasteiger partial charge in [0.25, 0.3) is 5.91 Å². The number of aryl methyl sites for hydroxylation is 1. The van der Waals surface area contributed by atoms with E-state index in [9.17, 15) is 14.9 Å². The first kappa shape index (κ1) is 17.1. The van der Waals surface area contributed by atoms with Crippen LogP contribution in [-0.2, 0) is 11.2 Å². The lowest BCUT2D eigenvalue weighted by Gasteiger charge is -2.05. The van der Waals surface area contributed by atoms with E-state index in [1.807, 2.05) is 24.3 Å². The fraction of sp³-hybridized carbons (Fsp3) is 0.176. The monoisotopic (exact) mass is 327 g/mol. The number of ether oxygens (including phenoxy) is 1. The molecule has 2 aromatic rings. The van der Waals surface area contributed by atoms with Crippen LogP contribution in [0.15, 0.2) is 53.6 Å². The van der Waals surface area contributed by atoms with Gasteiger partial charge in [-0.05, 0) is 23.6 Å². The second-order valence-corrected chi connectivity index (χ2v) is 4.90. The Labute approximate surface area is 139 Å². The van der Waals surface area contributed by atoms with E-state index in [1.54, 1.807) is 6.07 Å². The summed E-state index contributed by atoms with van der Waals surface area (Å²) >= 11 is 0. The highest BCUT2D eigenvalue weighted by Gasteiger charge is 2.14. The van der Waals surface area contributed by atoms with Crippen molar-refractivity contribution in [2.24, 2.45) is 5.10 Å². The fourth-order valence-corrected chi connectivity index (χ4v) is 1.92. The number of hydrogen-bond acceptors (Lipinski definition) is 5. The smallest absolute Gasteiger partial charge is 0.310 e. The Morgan fingerprint density at radius 3 is 2.62 bits per heavy atom. The molecule has 7 heteroatoms. The van der Waals surface area contributed by atoms with Crippen LogP contribution in [0.2, 0.25) is 0 Å². The van der Waals surface area contributed by atoms with E-state index < -0.39 is 10.8 Å². The molecule has 1 N–H and O–H groups in total. The highest BCUT2D eigenvalue weighted by Crippen LogP contribution is 2.25. The molecule has 0 aliphatic heterocycles. The second kappa shape index (κ2) is 8.42. The summed E-state index contributed by atoms with van der Waals surface area (Å²) in [6, 6.07) is 13.6. The lowest BCUT2D eigenvalue weighted by atomic mass is 10.1. The molecule has 0 spiro atoms. The van der Waals surface area contributed by atoms with E-state index in [0.717, 1.165) is 12.0 Å². The number of carbonyl (C=O) groups is 1. The summed E-state index contributed by atoms with van der Waals surface area (Å²) in [7, 11) is 0. The number of nitro groups is 1. The van der Waals surface area contributed by atoms with Gasteiger partial charge < -0.3 is 4.74 Å². The van der Waals surface area contributed by atoms with E-state index in [2.05, 4.69) is 17.5 Å². The van der Waals surface area contributed by atoms with Crippen LogP contribution in [0.3, 0.4) is 0 Å². The van der Waals surface area contributed by atoms with Gasteiger partial charge >= 0.3 is 5.69 Å². The normalized spacial score (nSPS) is 10.5. The quantitative estimate of drug-likeness (QED) is 0.480. The molecule has 24 heavy (non-hydrogen) atoms. The molecule has 1 amide bonds. The van der Waals surface area contributed by atoms with E-state index in [4.69, 9.17) is 4.74 Å². The minimum Gasteiger partial charge on any atom is -0.477 e. The SMILES string of the molecule is CCc1ccc(/C=N\NC(=O)COc2ccccc2[N+](=O)[O-])cc1. The third kappa shape index (κ3) is 4.91. The van der Waals surface area contributed by atoms with Gasteiger partial charge in [-0.25, -0.2) is 5.43 Å². The minimum atomic E-state index is -0.564. The van der Waals surface area contributed by atoms with Crippen LogP contribution >= 0.6 is 0 Å². The molecule has 0 saturated heterocycles.